The summed E-state index contributed by atoms with van der Waals surface area (Å²) in [4.78, 5) is 26.1. The molecule has 2 aliphatic rings. The fourth-order valence-electron chi connectivity index (χ4n) is 2.50. The predicted molar refractivity (Wildman–Crippen MR) is 86.6 cm³/mol. The quantitative estimate of drug-likeness (QED) is 0.761. The summed E-state index contributed by atoms with van der Waals surface area (Å²) in [7, 11) is 2.12. The van der Waals surface area contributed by atoms with Gasteiger partial charge in [-0.25, -0.2) is 0 Å². The van der Waals surface area contributed by atoms with Crippen LogP contribution in [-0.2, 0) is 14.3 Å². The summed E-state index contributed by atoms with van der Waals surface area (Å²) in [6.07, 6.45) is 2.04. The number of piperazine rings is 1. The summed E-state index contributed by atoms with van der Waals surface area (Å²) in [5, 5.41) is 3.30. The van der Waals surface area contributed by atoms with Crippen molar-refractivity contribution in [2.24, 2.45) is 5.92 Å². The second-order valence-electron chi connectivity index (χ2n) is 6.98. The Morgan fingerprint density at radius 1 is 1.14 bits per heavy atom. The number of nitrogens with zero attached hydrogens (tertiary/aromatic N) is 2. The van der Waals surface area contributed by atoms with Crippen LogP contribution in [0.25, 0.3) is 0 Å². The van der Waals surface area contributed by atoms with Gasteiger partial charge in [-0.2, -0.15) is 0 Å². The number of likely N-dealkylation sites (N-methyl/N-ethyl adjacent to an activating group) is 1. The van der Waals surface area contributed by atoms with Gasteiger partial charge in [0.2, 0.25) is 5.91 Å². The molecule has 0 radical (unpaired) electrons. The first kappa shape index (κ1) is 18.9. The molecule has 1 amide bonds. The first-order valence-electron chi connectivity index (χ1n) is 8.13. The van der Waals surface area contributed by atoms with E-state index in [4.69, 9.17) is 0 Å². The SMILES string of the molecule is CC(C)(C)OC=O.CN1CCN(C(=O)C2CCNCC2)CC1. The summed E-state index contributed by atoms with van der Waals surface area (Å²) in [5.41, 5.74) is -0.318. The van der Waals surface area contributed by atoms with E-state index in [0.29, 0.717) is 12.4 Å². The second-order valence-corrected chi connectivity index (χ2v) is 6.98. The van der Waals surface area contributed by atoms with Gasteiger partial charge in [-0.15, -0.1) is 0 Å². The molecule has 22 heavy (non-hydrogen) atoms. The van der Waals surface area contributed by atoms with E-state index in [1.54, 1.807) is 0 Å². The van der Waals surface area contributed by atoms with Crippen molar-refractivity contribution in [3.05, 3.63) is 0 Å². The van der Waals surface area contributed by atoms with Crippen LogP contribution in [0.5, 0.6) is 0 Å². The van der Waals surface area contributed by atoms with Crippen molar-refractivity contribution in [3.8, 4) is 0 Å². The minimum Gasteiger partial charge on any atom is -0.462 e. The van der Waals surface area contributed by atoms with Crippen molar-refractivity contribution in [1.29, 1.82) is 0 Å². The van der Waals surface area contributed by atoms with Crippen LogP contribution in [0.4, 0.5) is 0 Å². The molecule has 6 heteroatoms. The smallest absolute Gasteiger partial charge is 0.293 e. The van der Waals surface area contributed by atoms with Crippen molar-refractivity contribution in [1.82, 2.24) is 15.1 Å². The van der Waals surface area contributed by atoms with E-state index in [2.05, 4.69) is 26.9 Å². The van der Waals surface area contributed by atoms with Gasteiger partial charge in [-0.3, -0.25) is 9.59 Å². The van der Waals surface area contributed by atoms with E-state index in [-0.39, 0.29) is 11.5 Å². The highest BCUT2D eigenvalue weighted by Crippen LogP contribution is 2.16. The maximum absolute atomic E-state index is 12.1. The predicted octanol–water partition coefficient (Wildman–Crippen LogP) is 0.718. The van der Waals surface area contributed by atoms with Gasteiger partial charge in [-0.05, 0) is 53.8 Å². The lowest BCUT2D eigenvalue weighted by Gasteiger charge is -2.35. The van der Waals surface area contributed by atoms with Gasteiger partial charge in [-0.1, -0.05) is 0 Å². The normalized spacial score (nSPS) is 20.8. The Labute approximate surface area is 134 Å². The third-order valence-electron chi connectivity index (χ3n) is 3.91. The standard InChI is InChI=1S/C11H21N3O.C5H10O2/c1-13-6-8-14(9-7-13)11(15)10-2-4-12-5-3-10;1-5(2,3)7-4-6/h10,12H,2-9H2,1H3;4H,1-3H3. The molecule has 0 unspecified atom stereocenters. The number of hydrogen-bond acceptors (Lipinski definition) is 5. The largest absolute Gasteiger partial charge is 0.462 e. The van der Waals surface area contributed by atoms with Crippen LogP contribution in [0.15, 0.2) is 0 Å². The number of carbonyl (C=O) groups is 2. The van der Waals surface area contributed by atoms with E-state index < -0.39 is 0 Å². The second kappa shape index (κ2) is 9.10. The zero-order valence-electron chi connectivity index (χ0n) is 14.4. The number of hydrogen-bond donors (Lipinski definition) is 1. The molecule has 0 aromatic rings. The number of nitrogens with one attached hydrogen (secondary N) is 1. The molecule has 1 N–H and O–H groups in total. The Bertz CT molecular complexity index is 341. The highest BCUT2D eigenvalue weighted by atomic mass is 16.5. The molecule has 2 rings (SSSR count). The lowest BCUT2D eigenvalue weighted by Crippen LogP contribution is -2.50. The van der Waals surface area contributed by atoms with Crippen LogP contribution >= 0.6 is 0 Å². The summed E-state index contributed by atoms with van der Waals surface area (Å²) < 4.78 is 4.55. The van der Waals surface area contributed by atoms with Crippen LogP contribution in [0.1, 0.15) is 33.6 Å². The zero-order chi connectivity index (χ0) is 16.6. The van der Waals surface area contributed by atoms with Gasteiger partial charge in [0, 0.05) is 32.1 Å². The molecular formula is C16H31N3O3. The molecule has 0 aromatic carbocycles. The summed E-state index contributed by atoms with van der Waals surface area (Å²) in [5.74, 6) is 0.680. The average Bonchev–Trinajstić information content (AvgIpc) is 2.48. The maximum Gasteiger partial charge on any atom is 0.293 e. The van der Waals surface area contributed by atoms with Crippen LogP contribution in [0.2, 0.25) is 0 Å². The molecule has 0 atom stereocenters. The van der Waals surface area contributed by atoms with Crippen molar-refractivity contribution < 1.29 is 14.3 Å². The summed E-state index contributed by atoms with van der Waals surface area (Å²) in [6, 6.07) is 0. The molecule has 128 valence electrons. The molecule has 2 fully saturated rings. The molecule has 2 aliphatic heterocycles. The number of carbonyl (C=O) groups excluding carboxylic acids is 2. The lowest BCUT2D eigenvalue weighted by molar-refractivity contribution is -0.139. The Morgan fingerprint density at radius 2 is 1.68 bits per heavy atom. The van der Waals surface area contributed by atoms with Crippen molar-refractivity contribution in [2.75, 3.05) is 46.3 Å². The fraction of sp³-hybridized carbons (Fsp3) is 0.875. The van der Waals surface area contributed by atoms with Crippen LogP contribution < -0.4 is 5.32 Å². The van der Waals surface area contributed by atoms with Crippen LogP contribution in [0.3, 0.4) is 0 Å². The number of ether oxygens (including phenoxy) is 1. The third kappa shape index (κ3) is 7.22. The molecule has 0 bridgehead atoms. The molecule has 2 saturated heterocycles. The van der Waals surface area contributed by atoms with Gasteiger partial charge in [0.05, 0.1) is 0 Å². The van der Waals surface area contributed by atoms with Crippen LogP contribution in [0, 0.1) is 5.92 Å². The van der Waals surface area contributed by atoms with E-state index in [0.717, 1.165) is 52.1 Å². The van der Waals surface area contributed by atoms with E-state index in [1.807, 2.05) is 20.8 Å². The molecule has 2 heterocycles. The van der Waals surface area contributed by atoms with E-state index in [1.165, 1.54) is 0 Å². The van der Waals surface area contributed by atoms with E-state index >= 15 is 0 Å². The van der Waals surface area contributed by atoms with Crippen LogP contribution in [-0.4, -0.2) is 74.1 Å². The van der Waals surface area contributed by atoms with Crippen molar-refractivity contribution in [2.45, 2.75) is 39.2 Å². The van der Waals surface area contributed by atoms with Gasteiger partial charge in [0.1, 0.15) is 5.60 Å². The molecular weight excluding hydrogens is 282 g/mol. The number of rotatable bonds is 2. The fourth-order valence-corrected chi connectivity index (χ4v) is 2.50. The first-order valence-corrected chi connectivity index (χ1v) is 8.13. The Morgan fingerprint density at radius 3 is 2.09 bits per heavy atom. The lowest BCUT2D eigenvalue weighted by atomic mass is 9.96. The highest BCUT2D eigenvalue weighted by molar-refractivity contribution is 5.79. The highest BCUT2D eigenvalue weighted by Gasteiger charge is 2.27. The maximum atomic E-state index is 12.1. The van der Waals surface area contributed by atoms with Gasteiger partial charge < -0.3 is 19.9 Å². The zero-order valence-corrected chi connectivity index (χ0v) is 14.4. The third-order valence-corrected chi connectivity index (χ3v) is 3.91. The van der Waals surface area contributed by atoms with Crippen molar-refractivity contribution in [3.63, 3.8) is 0 Å². The first-order chi connectivity index (χ1) is 10.3. The summed E-state index contributed by atoms with van der Waals surface area (Å²) in [6.45, 7) is 11.8. The minimum absolute atomic E-state index is 0.287. The van der Waals surface area contributed by atoms with E-state index in [9.17, 15) is 9.59 Å². The number of piperidine rings is 1. The molecule has 6 nitrogen and oxygen atoms in total. The molecule has 0 aliphatic carbocycles. The van der Waals surface area contributed by atoms with Crippen molar-refractivity contribution >= 4 is 12.4 Å². The molecule has 0 saturated carbocycles. The van der Waals surface area contributed by atoms with Gasteiger partial charge >= 0.3 is 0 Å². The average molecular weight is 313 g/mol. The Balaban J connectivity index is 0.000000295. The Kier molecular flexibility index (Phi) is 7.82. The molecule has 0 spiro atoms. The van der Waals surface area contributed by atoms with Gasteiger partial charge in [0.25, 0.3) is 6.47 Å². The summed E-state index contributed by atoms with van der Waals surface area (Å²) >= 11 is 0. The van der Waals surface area contributed by atoms with Gasteiger partial charge in [0.15, 0.2) is 0 Å². The molecule has 0 aromatic heterocycles. The monoisotopic (exact) mass is 313 g/mol. The topological polar surface area (TPSA) is 61.9 Å². The minimum atomic E-state index is -0.318. The Hall–Kier alpha value is -1.14. The number of amides is 1.